The maximum atomic E-state index is 13.7. The van der Waals surface area contributed by atoms with E-state index in [9.17, 15) is 8.42 Å². The van der Waals surface area contributed by atoms with Crippen LogP contribution in [0.2, 0.25) is 0 Å². The predicted molar refractivity (Wildman–Crippen MR) is 106 cm³/mol. The average molecular weight is 500 g/mol. The van der Waals surface area contributed by atoms with Gasteiger partial charge in [0.25, 0.3) is 0 Å². The molecule has 24 heavy (non-hydrogen) atoms. The highest BCUT2D eigenvalue weighted by Crippen LogP contribution is 2.42. The molecule has 3 heterocycles. The molecular formula is C16H24Br2N2O2S2. The molecule has 4 nitrogen and oxygen atoms in total. The molecular weight excluding hydrogens is 476 g/mol. The Morgan fingerprint density at radius 3 is 1.79 bits per heavy atom. The van der Waals surface area contributed by atoms with Crippen molar-refractivity contribution in [2.45, 2.75) is 54.7 Å². The fourth-order valence-electron chi connectivity index (χ4n) is 3.81. The van der Waals surface area contributed by atoms with Crippen molar-refractivity contribution in [3.8, 4) is 0 Å². The van der Waals surface area contributed by atoms with Gasteiger partial charge in [0, 0.05) is 30.7 Å². The van der Waals surface area contributed by atoms with Crippen LogP contribution in [0.4, 0.5) is 0 Å². The Balaban J connectivity index is 2.05. The Hall–Kier alpha value is 0.530. The Morgan fingerprint density at radius 1 is 0.958 bits per heavy atom. The van der Waals surface area contributed by atoms with Crippen LogP contribution in [0.15, 0.2) is 18.5 Å². The minimum Gasteiger partial charge on any atom is -0.272 e. The molecule has 0 amide bonds. The number of hydrogen-bond acceptors (Lipinski definition) is 5. The fraction of sp³-hybridized carbons (Fsp3) is 0.750. The van der Waals surface area contributed by atoms with Crippen LogP contribution in [-0.4, -0.2) is 49.4 Å². The molecule has 2 aliphatic heterocycles. The van der Waals surface area contributed by atoms with Gasteiger partial charge in [-0.05, 0) is 70.5 Å². The molecule has 0 N–H and O–H groups in total. The highest BCUT2D eigenvalue weighted by Gasteiger charge is 2.51. The first-order chi connectivity index (χ1) is 11.4. The molecule has 1 aromatic heterocycles. The van der Waals surface area contributed by atoms with E-state index < -0.39 is 14.8 Å². The summed E-state index contributed by atoms with van der Waals surface area (Å²) in [5.41, 5.74) is 0. The summed E-state index contributed by atoms with van der Waals surface area (Å²) in [5.74, 6) is 0. The molecule has 136 valence electrons. The first-order valence-corrected chi connectivity index (χ1v) is 12.5. The van der Waals surface area contributed by atoms with E-state index in [1.165, 1.54) is 24.2 Å². The van der Waals surface area contributed by atoms with Gasteiger partial charge in [-0.3, -0.25) is 9.80 Å². The standard InChI is InChI=1S/C16H24Br2N2O2S2/c1-16(19-8-4-2-5-9-19,20-10-6-3-7-11-20)24(21,22)14-12-13(17)15(18)23-14/h12H,2-11H2,1H3. The molecule has 0 radical (unpaired) electrons. The second kappa shape index (κ2) is 7.64. The van der Waals surface area contributed by atoms with Crippen molar-refractivity contribution in [3.05, 3.63) is 14.3 Å². The lowest BCUT2D eigenvalue weighted by molar-refractivity contribution is -0.00451. The van der Waals surface area contributed by atoms with Crippen molar-refractivity contribution in [2.75, 3.05) is 26.2 Å². The Bertz CT molecular complexity index is 641. The van der Waals surface area contributed by atoms with Gasteiger partial charge in [-0.2, -0.15) is 0 Å². The average Bonchev–Trinajstić information content (AvgIpc) is 2.95. The van der Waals surface area contributed by atoms with Gasteiger partial charge in [0.05, 0.1) is 3.79 Å². The molecule has 0 saturated carbocycles. The minimum atomic E-state index is -3.49. The fourth-order valence-corrected chi connectivity index (χ4v) is 8.91. The molecule has 2 fully saturated rings. The summed E-state index contributed by atoms with van der Waals surface area (Å²) in [6.45, 7) is 5.38. The lowest BCUT2D eigenvalue weighted by Crippen LogP contribution is -2.65. The van der Waals surface area contributed by atoms with Gasteiger partial charge in [0.2, 0.25) is 9.84 Å². The number of thiophene rings is 1. The van der Waals surface area contributed by atoms with E-state index >= 15 is 0 Å². The van der Waals surface area contributed by atoms with Gasteiger partial charge in [-0.25, -0.2) is 8.42 Å². The predicted octanol–water partition coefficient (Wildman–Crippen LogP) is 4.69. The number of rotatable bonds is 4. The monoisotopic (exact) mass is 498 g/mol. The normalized spacial score (nSPS) is 22.0. The third-order valence-electron chi connectivity index (χ3n) is 5.28. The summed E-state index contributed by atoms with van der Waals surface area (Å²) in [5, 5.41) is 0. The van der Waals surface area contributed by atoms with E-state index in [0.717, 1.165) is 60.1 Å². The zero-order chi connectivity index (χ0) is 17.4. The lowest BCUT2D eigenvalue weighted by atomic mass is 10.1. The topological polar surface area (TPSA) is 40.6 Å². The summed E-state index contributed by atoms with van der Waals surface area (Å²) >= 11 is 8.19. The highest BCUT2D eigenvalue weighted by molar-refractivity contribution is 9.13. The Labute approximate surface area is 165 Å². The summed E-state index contributed by atoms with van der Waals surface area (Å²) in [6, 6.07) is 1.75. The molecule has 0 unspecified atom stereocenters. The van der Waals surface area contributed by atoms with Gasteiger partial charge >= 0.3 is 0 Å². The second-order valence-electron chi connectivity index (χ2n) is 6.72. The largest absolute Gasteiger partial charge is 0.272 e. The number of halogens is 2. The number of sulfone groups is 1. The van der Waals surface area contributed by atoms with Crippen LogP contribution >= 0.6 is 43.2 Å². The van der Waals surface area contributed by atoms with Gasteiger partial charge in [0.1, 0.15) is 4.21 Å². The molecule has 2 aliphatic rings. The van der Waals surface area contributed by atoms with E-state index in [1.807, 2.05) is 6.92 Å². The molecule has 2 saturated heterocycles. The second-order valence-corrected chi connectivity index (χ2v) is 12.4. The number of piperidine rings is 2. The van der Waals surface area contributed by atoms with Gasteiger partial charge in [0.15, 0.2) is 4.99 Å². The lowest BCUT2D eigenvalue weighted by Gasteiger charge is -2.50. The van der Waals surface area contributed by atoms with Crippen LogP contribution in [-0.2, 0) is 9.84 Å². The van der Waals surface area contributed by atoms with Crippen molar-refractivity contribution in [3.63, 3.8) is 0 Å². The molecule has 0 aliphatic carbocycles. The van der Waals surface area contributed by atoms with Crippen molar-refractivity contribution >= 4 is 53.0 Å². The van der Waals surface area contributed by atoms with E-state index in [2.05, 4.69) is 41.7 Å². The third-order valence-corrected chi connectivity index (χ3v) is 11.4. The van der Waals surface area contributed by atoms with Crippen LogP contribution in [0.1, 0.15) is 45.4 Å². The first-order valence-electron chi connectivity index (χ1n) is 8.57. The first kappa shape index (κ1) is 19.3. The summed E-state index contributed by atoms with van der Waals surface area (Å²) in [7, 11) is -3.49. The molecule has 3 rings (SSSR count). The van der Waals surface area contributed by atoms with Crippen LogP contribution in [0.5, 0.6) is 0 Å². The maximum Gasteiger partial charge on any atom is 0.220 e. The molecule has 0 aromatic carbocycles. The van der Waals surface area contributed by atoms with E-state index in [-0.39, 0.29) is 0 Å². The van der Waals surface area contributed by atoms with Crippen molar-refractivity contribution < 1.29 is 8.42 Å². The SMILES string of the molecule is CC(N1CCCCC1)(N1CCCCC1)S(=O)(=O)c1cc(Br)c(Br)s1. The maximum absolute atomic E-state index is 13.7. The molecule has 0 spiro atoms. The van der Waals surface area contributed by atoms with E-state index in [1.54, 1.807) is 6.07 Å². The number of nitrogens with zero attached hydrogens (tertiary/aromatic N) is 2. The highest BCUT2D eigenvalue weighted by atomic mass is 79.9. The van der Waals surface area contributed by atoms with Gasteiger partial charge < -0.3 is 0 Å². The Kier molecular flexibility index (Phi) is 6.15. The van der Waals surface area contributed by atoms with E-state index in [0.29, 0.717) is 4.21 Å². The third kappa shape index (κ3) is 3.39. The van der Waals surface area contributed by atoms with Crippen LogP contribution < -0.4 is 0 Å². The zero-order valence-corrected chi connectivity index (χ0v) is 18.7. The minimum absolute atomic E-state index is 0.444. The van der Waals surface area contributed by atoms with Crippen molar-refractivity contribution in [1.29, 1.82) is 0 Å². The zero-order valence-electron chi connectivity index (χ0n) is 13.9. The quantitative estimate of drug-likeness (QED) is 0.602. The number of hydrogen-bond donors (Lipinski definition) is 0. The van der Waals surface area contributed by atoms with E-state index in [4.69, 9.17) is 0 Å². The molecule has 8 heteroatoms. The smallest absolute Gasteiger partial charge is 0.220 e. The molecule has 1 aromatic rings. The summed E-state index contributed by atoms with van der Waals surface area (Å²) in [4.78, 5) is 3.47. The van der Waals surface area contributed by atoms with Crippen LogP contribution in [0, 0.1) is 0 Å². The van der Waals surface area contributed by atoms with Gasteiger partial charge in [-0.1, -0.05) is 12.8 Å². The van der Waals surface area contributed by atoms with Crippen LogP contribution in [0.25, 0.3) is 0 Å². The van der Waals surface area contributed by atoms with Crippen molar-refractivity contribution in [1.82, 2.24) is 9.80 Å². The van der Waals surface area contributed by atoms with Crippen LogP contribution in [0.3, 0.4) is 0 Å². The Morgan fingerprint density at radius 2 is 1.42 bits per heavy atom. The van der Waals surface area contributed by atoms with Gasteiger partial charge in [-0.15, -0.1) is 11.3 Å². The van der Waals surface area contributed by atoms with Crippen molar-refractivity contribution in [2.24, 2.45) is 0 Å². The summed E-state index contributed by atoms with van der Waals surface area (Å²) < 4.78 is 29.5. The number of likely N-dealkylation sites (tertiary alicyclic amines) is 2. The molecule has 0 atom stereocenters. The summed E-state index contributed by atoms with van der Waals surface area (Å²) in [6.07, 6.45) is 6.71. The molecule has 0 bridgehead atoms.